The van der Waals surface area contributed by atoms with Gasteiger partial charge in [0.15, 0.2) is 6.17 Å². The van der Waals surface area contributed by atoms with E-state index in [0.29, 0.717) is 0 Å². The van der Waals surface area contributed by atoms with Gasteiger partial charge in [0.05, 0.1) is 0 Å². The molecule has 1 rings (SSSR count). The minimum Gasteiger partial charge on any atom is -0.216 e. The second-order valence-electron chi connectivity index (χ2n) is 2.82. The number of rotatable bonds is 1. The smallest absolute Gasteiger partial charge is 0.216 e. The molecular formula is C5H11F3N4. The Morgan fingerprint density at radius 3 is 2.17 bits per heavy atom. The summed E-state index contributed by atoms with van der Waals surface area (Å²) in [5.41, 5.74) is 6.65. The maximum atomic E-state index is 12.0. The Labute approximate surface area is 68.0 Å². The van der Waals surface area contributed by atoms with Crippen LogP contribution in [0.5, 0.6) is 0 Å². The first-order chi connectivity index (χ1) is 5.41. The molecule has 0 aromatic rings. The second kappa shape index (κ2) is 3.17. The van der Waals surface area contributed by atoms with Crippen molar-refractivity contribution < 1.29 is 13.2 Å². The molecule has 0 amide bonds. The van der Waals surface area contributed by atoms with Gasteiger partial charge in [-0.1, -0.05) is 0 Å². The summed E-state index contributed by atoms with van der Waals surface area (Å²) in [4.78, 5) is 0. The van der Waals surface area contributed by atoms with Crippen LogP contribution in [0.1, 0.15) is 13.8 Å². The van der Waals surface area contributed by atoms with E-state index in [1.807, 2.05) is 0 Å². The minimum atomic E-state index is -4.28. The highest BCUT2D eigenvalue weighted by Crippen LogP contribution is 2.19. The molecule has 0 aromatic carbocycles. The summed E-state index contributed by atoms with van der Waals surface area (Å²) < 4.78 is 36.0. The number of hydrogen-bond acceptors (Lipinski definition) is 4. The highest BCUT2D eigenvalue weighted by Gasteiger charge is 2.44. The van der Waals surface area contributed by atoms with E-state index >= 15 is 0 Å². The third-order valence-corrected chi connectivity index (χ3v) is 1.44. The molecule has 0 aliphatic carbocycles. The van der Waals surface area contributed by atoms with Crippen LogP contribution >= 0.6 is 0 Å². The van der Waals surface area contributed by atoms with Gasteiger partial charge in [0.1, 0.15) is 0 Å². The second-order valence-corrected chi connectivity index (χ2v) is 2.82. The van der Waals surface area contributed by atoms with Gasteiger partial charge in [0.25, 0.3) is 0 Å². The van der Waals surface area contributed by atoms with Gasteiger partial charge in [0, 0.05) is 6.04 Å². The summed E-state index contributed by atoms with van der Waals surface area (Å²) in [6, 6.07) is -0.0511. The average Bonchev–Trinajstić information content (AvgIpc) is 2.30. The van der Waals surface area contributed by atoms with Crippen molar-refractivity contribution in [2.24, 2.45) is 0 Å². The van der Waals surface area contributed by atoms with Crippen LogP contribution < -0.4 is 16.4 Å². The third kappa shape index (κ3) is 2.07. The standard InChI is InChI=1S/C5H11F3N4/c1-3(2)12-10-4(9-11-12)5(6,7)8/h3-4,9-11H,1-2H3. The Balaban J connectivity index is 2.46. The molecule has 1 fully saturated rings. The van der Waals surface area contributed by atoms with Gasteiger partial charge in [-0.25, -0.2) is 10.9 Å². The molecule has 1 aliphatic heterocycles. The predicted octanol–water partition coefficient (Wildman–Crippen LogP) is 0.113. The molecular weight excluding hydrogens is 173 g/mol. The Morgan fingerprint density at radius 2 is 1.92 bits per heavy atom. The minimum absolute atomic E-state index is 0.0511. The zero-order valence-electron chi connectivity index (χ0n) is 6.74. The van der Waals surface area contributed by atoms with Crippen LogP contribution in [0.3, 0.4) is 0 Å². The lowest BCUT2D eigenvalue weighted by Crippen LogP contribution is -2.48. The Hall–Kier alpha value is -0.370. The molecule has 0 radical (unpaired) electrons. The SMILES string of the molecule is CC(C)N1NNC(C(F)(F)F)N1. The largest absolute Gasteiger partial charge is 0.419 e. The van der Waals surface area contributed by atoms with Crippen LogP contribution in [0.4, 0.5) is 13.2 Å². The van der Waals surface area contributed by atoms with E-state index in [4.69, 9.17) is 0 Å². The number of hydrazine groups is 3. The summed E-state index contributed by atoms with van der Waals surface area (Å²) in [5, 5.41) is 1.26. The molecule has 3 N–H and O–H groups in total. The summed E-state index contributed by atoms with van der Waals surface area (Å²) in [5.74, 6) is 0. The van der Waals surface area contributed by atoms with E-state index in [0.717, 1.165) is 0 Å². The number of halogens is 3. The summed E-state index contributed by atoms with van der Waals surface area (Å²) in [7, 11) is 0. The maximum Gasteiger partial charge on any atom is 0.419 e. The van der Waals surface area contributed by atoms with Crippen LogP contribution in [0.15, 0.2) is 0 Å². The lowest BCUT2D eigenvalue weighted by Gasteiger charge is -2.19. The van der Waals surface area contributed by atoms with Crippen molar-refractivity contribution >= 4 is 0 Å². The summed E-state index contributed by atoms with van der Waals surface area (Å²) >= 11 is 0. The average molecular weight is 184 g/mol. The van der Waals surface area contributed by atoms with Crippen LogP contribution in [-0.2, 0) is 0 Å². The monoisotopic (exact) mass is 184 g/mol. The maximum absolute atomic E-state index is 12.0. The van der Waals surface area contributed by atoms with Crippen LogP contribution in [-0.4, -0.2) is 23.5 Å². The fraction of sp³-hybridized carbons (Fsp3) is 1.00. The third-order valence-electron chi connectivity index (χ3n) is 1.44. The zero-order chi connectivity index (χ0) is 9.35. The summed E-state index contributed by atoms with van der Waals surface area (Å²) in [6.45, 7) is 3.53. The lowest BCUT2D eigenvalue weighted by molar-refractivity contribution is -0.162. The number of hydrogen-bond donors (Lipinski definition) is 3. The first-order valence-corrected chi connectivity index (χ1v) is 3.54. The predicted molar refractivity (Wildman–Crippen MR) is 36.2 cm³/mol. The van der Waals surface area contributed by atoms with E-state index in [1.54, 1.807) is 13.8 Å². The quantitative estimate of drug-likeness (QED) is 0.541. The number of nitrogens with one attached hydrogen (secondary N) is 3. The molecule has 0 spiro atoms. The van der Waals surface area contributed by atoms with Crippen molar-refractivity contribution in [3.63, 3.8) is 0 Å². The van der Waals surface area contributed by atoms with Crippen molar-refractivity contribution in [2.45, 2.75) is 32.2 Å². The van der Waals surface area contributed by atoms with Crippen LogP contribution in [0.2, 0.25) is 0 Å². The normalized spacial score (nSPS) is 27.0. The molecule has 7 heteroatoms. The summed E-state index contributed by atoms with van der Waals surface area (Å²) in [6.07, 6.45) is -5.99. The van der Waals surface area contributed by atoms with Crippen molar-refractivity contribution in [1.82, 2.24) is 21.5 Å². The Morgan fingerprint density at radius 1 is 1.33 bits per heavy atom. The lowest BCUT2D eigenvalue weighted by atomic mass is 10.4. The number of alkyl halides is 3. The van der Waals surface area contributed by atoms with E-state index in [9.17, 15) is 13.2 Å². The van der Waals surface area contributed by atoms with Gasteiger partial charge in [-0.05, 0) is 13.8 Å². The zero-order valence-corrected chi connectivity index (χ0v) is 6.74. The molecule has 0 bridgehead atoms. The van der Waals surface area contributed by atoms with Crippen LogP contribution in [0, 0.1) is 0 Å². The van der Waals surface area contributed by atoms with Gasteiger partial charge in [-0.2, -0.15) is 23.8 Å². The van der Waals surface area contributed by atoms with E-state index in [1.165, 1.54) is 5.12 Å². The first kappa shape index (κ1) is 9.72. The molecule has 4 nitrogen and oxygen atoms in total. The van der Waals surface area contributed by atoms with E-state index < -0.39 is 12.3 Å². The van der Waals surface area contributed by atoms with Gasteiger partial charge in [-0.15, -0.1) is 0 Å². The highest BCUT2D eigenvalue weighted by molar-refractivity contribution is 4.74. The molecule has 1 unspecified atom stereocenters. The van der Waals surface area contributed by atoms with E-state index in [2.05, 4.69) is 16.4 Å². The highest BCUT2D eigenvalue weighted by atomic mass is 19.4. The number of nitrogens with zero attached hydrogens (tertiary/aromatic N) is 1. The topological polar surface area (TPSA) is 39.3 Å². The molecule has 0 aromatic heterocycles. The first-order valence-electron chi connectivity index (χ1n) is 3.54. The molecule has 1 heterocycles. The fourth-order valence-electron chi connectivity index (χ4n) is 0.771. The molecule has 1 saturated heterocycles. The van der Waals surface area contributed by atoms with Gasteiger partial charge >= 0.3 is 6.18 Å². The molecule has 0 saturated carbocycles. The Kier molecular flexibility index (Phi) is 2.57. The molecule has 1 aliphatic rings. The van der Waals surface area contributed by atoms with Crippen molar-refractivity contribution in [3.8, 4) is 0 Å². The molecule has 12 heavy (non-hydrogen) atoms. The van der Waals surface area contributed by atoms with Crippen molar-refractivity contribution in [1.29, 1.82) is 0 Å². The molecule has 1 atom stereocenters. The van der Waals surface area contributed by atoms with Crippen molar-refractivity contribution in [3.05, 3.63) is 0 Å². The van der Waals surface area contributed by atoms with Crippen molar-refractivity contribution in [2.75, 3.05) is 0 Å². The van der Waals surface area contributed by atoms with Gasteiger partial charge in [0.2, 0.25) is 0 Å². The van der Waals surface area contributed by atoms with Gasteiger partial charge < -0.3 is 0 Å². The fourth-order valence-corrected chi connectivity index (χ4v) is 0.771. The van der Waals surface area contributed by atoms with E-state index in [-0.39, 0.29) is 6.04 Å². The Bertz CT molecular complexity index is 157. The van der Waals surface area contributed by atoms with Crippen LogP contribution in [0.25, 0.3) is 0 Å². The van der Waals surface area contributed by atoms with Gasteiger partial charge in [-0.3, -0.25) is 0 Å². The molecule has 72 valence electrons.